The van der Waals surface area contributed by atoms with E-state index in [1.165, 1.54) is 46.2 Å². The van der Waals surface area contributed by atoms with E-state index < -0.39 is 12.0 Å². The van der Waals surface area contributed by atoms with Gasteiger partial charge in [0.1, 0.15) is 39.4 Å². The maximum atomic E-state index is 13.6. The highest BCUT2D eigenvalue weighted by atomic mass is 32.2. The zero-order valence-corrected chi connectivity index (χ0v) is 34.7. The summed E-state index contributed by atoms with van der Waals surface area (Å²) in [5.41, 5.74) is 6.26. The largest absolute Gasteiger partial charge is 0.456 e. The normalized spacial score (nSPS) is 17.5. The number of thioether (sulfide) groups is 1. The van der Waals surface area contributed by atoms with Crippen LogP contribution in [0.25, 0.3) is 0 Å². The molecule has 3 aliphatic heterocycles. The van der Waals surface area contributed by atoms with Gasteiger partial charge in [0.05, 0.1) is 6.16 Å². The highest BCUT2D eigenvalue weighted by Crippen LogP contribution is 2.63. The molecule has 6 aromatic rings. The minimum absolute atomic E-state index is 0.116. The van der Waals surface area contributed by atoms with Crippen LogP contribution in [-0.2, 0) is 4.75 Å². The lowest BCUT2D eigenvalue weighted by molar-refractivity contribution is 0.109. The van der Waals surface area contributed by atoms with Gasteiger partial charge in [-0.15, -0.1) is 0 Å². The summed E-state index contributed by atoms with van der Waals surface area (Å²) < 4.78 is 6.21. The molecule has 5 nitrogen and oxygen atoms in total. The van der Waals surface area contributed by atoms with Gasteiger partial charge in [-0.1, -0.05) is 103 Å². The Morgan fingerprint density at radius 3 is 1.81 bits per heavy atom. The average molecular weight is 789 g/mol. The second-order valence-electron chi connectivity index (χ2n) is 15.3. The molecular formula is C50H51N3O2PS+. The maximum Gasteiger partial charge on any atom is 0.221 e. The number of nitrogens with zero attached hydrogens (tertiary/aromatic N) is 3. The Morgan fingerprint density at radius 2 is 1.19 bits per heavy atom. The monoisotopic (exact) mass is 788 g/mol. The quantitative estimate of drug-likeness (QED) is 0.0909. The number of unbranched alkanes of at least 4 members (excludes halogenated alkanes) is 1. The summed E-state index contributed by atoms with van der Waals surface area (Å²) in [4.78, 5) is 21.1. The zero-order valence-electron chi connectivity index (χ0n) is 33.0. The van der Waals surface area contributed by atoms with Crippen LogP contribution in [0.15, 0.2) is 152 Å². The first-order valence-corrected chi connectivity index (χ1v) is 23.4. The van der Waals surface area contributed by atoms with Crippen molar-refractivity contribution in [3.05, 3.63) is 174 Å². The van der Waals surface area contributed by atoms with Crippen LogP contribution in [0.5, 0.6) is 11.5 Å². The second-order valence-corrected chi connectivity index (χ2v) is 20.1. The van der Waals surface area contributed by atoms with E-state index in [-0.39, 0.29) is 5.12 Å². The molecule has 1 unspecified atom stereocenters. The molecular weight excluding hydrogens is 738 g/mol. The highest BCUT2D eigenvalue weighted by molar-refractivity contribution is 8.15. The van der Waals surface area contributed by atoms with Crippen LogP contribution in [0.1, 0.15) is 53.7 Å². The Bertz CT molecular complexity index is 2250. The number of hydrogen-bond donors (Lipinski definition) is 0. The van der Waals surface area contributed by atoms with E-state index in [9.17, 15) is 4.79 Å². The lowest BCUT2D eigenvalue weighted by atomic mass is 9.80. The van der Waals surface area contributed by atoms with Crippen molar-refractivity contribution in [1.29, 1.82) is 0 Å². The number of carbonyl (C=O) groups excluding carboxylic acids is 1. The Hall–Kier alpha value is -4.87. The number of anilines is 2. The van der Waals surface area contributed by atoms with Crippen molar-refractivity contribution in [3.63, 3.8) is 0 Å². The molecule has 6 aromatic carbocycles. The van der Waals surface area contributed by atoms with Crippen molar-refractivity contribution < 1.29 is 9.53 Å². The molecule has 0 aliphatic carbocycles. The van der Waals surface area contributed by atoms with Crippen LogP contribution >= 0.6 is 19.0 Å². The van der Waals surface area contributed by atoms with Crippen molar-refractivity contribution >= 4 is 51.4 Å². The number of rotatable bonds is 12. The van der Waals surface area contributed by atoms with Gasteiger partial charge in [-0.05, 0) is 87.3 Å². The molecule has 0 aromatic heterocycles. The van der Waals surface area contributed by atoms with Crippen LogP contribution in [0.3, 0.4) is 0 Å². The smallest absolute Gasteiger partial charge is 0.221 e. The van der Waals surface area contributed by atoms with Crippen molar-refractivity contribution in [3.8, 4) is 11.5 Å². The number of hydrogen-bond acceptors (Lipinski definition) is 6. The zero-order chi connectivity index (χ0) is 38.8. The van der Waals surface area contributed by atoms with Crippen molar-refractivity contribution in [2.75, 3.05) is 61.8 Å². The van der Waals surface area contributed by atoms with Gasteiger partial charge >= 0.3 is 0 Å². The molecule has 3 aliphatic rings. The third kappa shape index (κ3) is 6.76. The average Bonchev–Trinajstić information content (AvgIpc) is 3.57. The van der Waals surface area contributed by atoms with Gasteiger partial charge in [0.25, 0.3) is 0 Å². The first-order valence-electron chi connectivity index (χ1n) is 20.6. The molecule has 7 heteroatoms. The topological polar surface area (TPSA) is 36.0 Å². The van der Waals surface area contributed by atoms with Crippen LogP contribution in [0, 0.1) is 0 Å². The predicted octanol–water partition coefficient (Wildman–Crippen LogP) is 9.71. The number of piperazine rings is 1. The van der Waals surface area contributed by atoms with Crippen molar-refractivity contribution in [2.24, 2.45) is 0 Å². The van der Waals surface area contributed by atoms with Gasteiger partial charge in [-0.3, -0.25) is 9.69 Å². The van der Waals surface area contributed by atoms with Crippen LogP contribution in [0.4, 0.5) is 11.4 Å². The number of carbonyl (C=O) groups is 1. The molecule has 1 saturated heterocycles. The molecule has 0 bridgehead atoms. The van der Waals surface area contributed by atoms with Crippen LogP contribution in [-0.4, -0.2) is 62.0 Å². The molecule has 1 atom stereocenters. The van der Waals surface area contributed by atoms with Crippen molar-refractivity contribution in [1.82, 2.24) is 4.90 Å². The molecule has 0 N–H and O–H groups in total. The Morgan fingerprint density at radius 1 is 0.632 bits per heavy atom. The minimum atomic E-state index is -1.81. The third-order valence-corrected chi connectivity index (χ3v) is 18.3. The Labute approximate surface area is 343 Å². The second kappa shape index (κ2) is 16.2. The summed E-state index contributed by atoms with van der Waals surface area (Å²) in [5, 5.41) is 4.51. The molecule has 57 heavy (non-hydrogen) atoms. The van der Waals surface area contributed by atoms with Crippen LogP contribution < -0.4 is 30.5 Å². The van der Waals surface area contributed by atoms with Gasteiger partial charge in [-0.25, -0.2) is 0 Å². The van der Waals surface area contributed by atoms with Gasteiger partial charge in [0.15, 0.2) is 0 Å². The van der Waals surface area contributed by atoms with Gasteiger partial charge in [0.2, 0.25) is 5.12 Å². The maximum absolute atomic E-state index is 13.6. The van der Waals surface area contributed by atoms with Crippen molar-refractivity contribution in [2.45, 2.75) is 31.4 Å². The summed E-state index contributed by atoms with van der Waals surface area (Å²) in [6, 6.07) is 55.2. The van der Waals surface area contributed by atoms with Crippen LogP contribution in [0.2, 0.25) is 0 Å². The van der Waals surface area contributed by atoms with E-state index >= 15 is 0 Å². The van der Waals surface area contributed by atoms with Gasteiger partial charge in [0, 0.05) is 79.5 Å². The fourth-order valence-electron chi connectivity index (χ4n) is 9.43. The van der Waals surface area contributed by atoms with E-state index in [1.54, 1.807) is 0 Å². The molecule has 0 radical (unpaired) electrons. The highest BCUT2D eigenvalue weighted by Gasteiger charge is 2.52. The first kappa shape index (κ1) is 37.7. The van der Waals surface area contributed by atoms with E-state index in [4.69, 9.17) is 4.74 Å². The van der Waals surface area contributed by atoms with Gasteiger partial charge < -0.3 is 14.5 Å². The molecule has 9 rings (SSSR count). The van der Waals surface area contributed by atoms with Gasteiger partial charge in [-0.2, -0.15) is 0 Å². The molecule has 3 heterocycles. The lowest BCUT2D eigenvalue weighted by Gasteiger charge is -2.39. The fraction of sp³-hybridized carbons (Fsp3) is 0.260. The number of ether oxygens (including phenoxy) is 1. The Balaban J connectivity index is 0.917. The molecule has 0 amide bonds. The Kier molecular flexibility index (Phi) is 10.7. The molecule has 0 saturated carbocycles. The van der Waals surface area contributed by atoms with E-state index in [0.29, 0.717) is 0 Å². The fourth-order valence-corrected chi connectivity index (χ4v) is 15.3. The van der Waals surface area contributed by atoms with E-state index in [2.05, 4.69) is 168 Å². The SMILES string of the molecule is CCN(CC)c1ccc2c(c1)Oc1cc(N3CCN(CCCC[P+](c4ccccc4)(c4ccccc4)c4ccccc4)CC3)ccc1C21SC(=O)c2ccccc21. The summed E-state index contributed by atoms with van der Waals surface area (Å²) in [6.07, 6.45) is 3.52. The van der Waals surface area contributed by atoms with E-state index in [0.717, 1.165) is 91.4 Å². The van der Waals surface area contributed by atoms with E-state index in [1.807, 2.05) is 12.1 Å². The summed E-state index contributed by atoms with van der Waals surface area (Å²) >= 11 is 1.43. The molecule has 1 spiro atoms. The standard InChI is InChI=1S/C50H51N3O2PS/c1-3-52(4-2)38-26-28-45-47(36-38)55-48-37-39(27-29-46(48)50(45)44-25-15-14-24-43(44)49(54)57-50)53-33-31-51(32-34-53)30-16-17-35-56(40-18-8-5-9-19-40,41-20-10-6-11-21-41)42-22-12-7-13-23-42/h5-15,18-29,36-37H,3-4,16-17,30-35H2,1-2H3/q+1. The summed E-state index contributed by atoms with van der Waals surface area (Å²) in [6.45, 7) is 11.3. The minimum Gasteiger partial charge on any atom is -0.456 e. The summed E-state index contributed by atoms with van der Waals surface area (Å²) in [7, 11) is -1.81. The molecule has 1 fully saturated rings. The lowest BCUT2D eigenvalue weighted by Crippen LogP contribution is -2.46. The third-order valence-electron chi connectivity index (χ3n) is 12.4. The number of benzene rings is 6. The first-order chi connectivity index (χ1) is 28.0. The predicted molar refractivity (Wildman–Crippen MR) is 243 cm³/mol. The molecule has 288 valence electrons. The summed E-state index contributed by atoms with van der Waals surface area (Å²) in [5.74, 6) is 1.68. The number of fused-ring (bicyclic) bond motifs is 6.